The number of fused-ring (bicyclic) bond motifs is 6. The van der Waals surface area contributed by atoms with Gasteiger partial charge in [-0.05, 0) is 92.0 Å². The minimum absolute atomic E-state index is 0.0910. The van der Waals surface area contributed by atoms with Gasteiger partial charge in [0, 0.05) is 32.5 Å². The fourth-order valence-corrected chi connectivity index (χ4v) is 9.02. The Kier molecular flexibility index (Phi) is 6.92. The van der Waals surface area contributed by atoms with Crippen molar-refractivity contribution >= 4 is 45.8 Å². The molecule has 48 heavy (non-hydrogen) atoms. The number of likely N-dealkylation sites (tertiary alicyclic amines) is 1. The number of amides is 2. The van der Waals surface area contributed by atoms with E-state index in [0.29, 0.717) is 16.9 Å². The lowest BCUT2D eigenvalue weighted by atomic mass is 10.0. The van der Waals surface area contributed by atoms with Crippen LogP contribution in [0.5, 0.6) is 5.75 Å². The number of imidazole rings is 1. The summed E-state index contributed by atoms with van der Waals surface area (Å²) in [6.07, 6.45) is 5.30. The number of alkyl carbamates (subject to hydrolysis) is 1. The van der Waals surface area contributed by atoms with Crippen molar-refractivity contribution in [2.45, 2.75) is 69.8 Å². The zero-order valence-corrected chi connectivity index (χ0v) is 28.5. The van der Waals surface area contributed by atoms with Crippen LogP contribution in [0.1, 0.15) is 73.3 Å². The Morgan fingerprint density at radius 2 is 1.92 bits per heavy atom. The van der Waals surface area contributed by atoms with E-state index in [1.807, 2.05) is 48.4 Å². The summed E-state index contributed by atoms with van der Waals surface area (Å²) in [5, 5.41) is 4.54. The van der Waals surface area contributed by atoms with E-state index in [4.69, 9.17) is 26.1 Å². The van der Waals surface area contributed by atoms with Crippen LogP contribution >= 0.6 is 22.9 Å². The highest BCUT2D eigenvalue weighted by Crippen LogP contribution is 2.54. The molecule has 2 saturated carbocycles. The van der Waals surface area contributed by atoms with Crippen molar-refractivity contribution in [1.82, 2.24) is 24.8 Å². The third-order valence-electron chi connectivity index (χ3n) is 10.4. The van der Waals surface area contributed by atoms with Gasteiger partial charge in [-0.15, -0.1) is 11.3 Å². The third kappa shape index (κ3) is 4.91. The summed E-state index contributed by atoms with van der Waals surface area (Å²) in [6, 6.07) is 18.3. The Hall–Kier alpha value is -4.28. The first-order chi connectivity index (χ1) is 23.3. The average Bonchev–Trinajstić information content (AvgIpc) is 3.80. The second-order valence-corrected chi connectivity index (χ2v) is 15.5. The number of benzene rings is 2. The number of nitrogens with one attached hydrogen (secondary N) is 2. The zero-order chi connectivity index (χ0) is 32.8. The standard InChI is InChI=1S/C37H36ClN5O4S/c1-18(2)33(41-37(45)46-3)35(44)42-27-13-22(27)15-29(42)34-39-17-25(40-34)20-6-8-24-28-14-21-12-23(38)7-9-26(21)43(28)36(47-30(24)16-20)32-11-10-31(48-32)19-4-5-19/h6-12,14,16-19,22,27,29,33,36H,4-5,13,15H2,1-3H3,(H,39,40)(H,41,45)/t22-,27-,29+,33+,36?/m1/s1. The van der Waals surface area contributed by atoms with Crippen LogP contribution in [0.3, 0.4) is 0 Å². The Balaban J connectivity index is 1.05. The summed E-state index contributed by atoms with van der Waals surface area (Å²) in [5.41, 5.74) is 5.02. The van der Waals surface area contributed by atoms with Gasteiger partial charge in [-0.1, -0.05) is 31.5 Å². The maximum Gasteiger partial charge on any atom is 0.407 e. The smallest absolute Gasteiger partial charge is 0.407 e. The van der Waals surface area contributed by atoms with Crippen molar-refractivity contribution in [2.75, 3.05) is 7.11 Å². The second-order valence-electron chi connectivity index (χ2n) is 13.9. The van der Waals surface area contributed by atoms with E-state index in [1.165, 1.54) is 29.7 Å². The number of halogens is 1. The molecule has 2 amide bonds. The minimum atomic E-state index is -0.671. The van der Waals surface area contributed by atoms with Crippen LogP contribution in [0.25, 0.3) is 33.4 Å². The van der Waals surface area contributed by atoms with Gasteiger partial charge in [-0.2, -0.15) is 0 Å². The molecule has 4 aliphatic rings. The van der Waals surface area contributed by atoms with Crippen LogP contribution in [0.15, 0.2) is 60.8 Å². The quantitative estimate of drug-likeness (QED) is 0.180. The number of rotatable bonds is 7. The lowest BCUT2D eigenvalue weighted by molar-refractivity contribution is -0.136. The zero-order valence-electron chi connectivity index (χ0n) is 26.9. The van der Waals surface area contributed by atoms with Crippen molar-refractivity contribution in [3.63, 3.8) is 0 Å². The van der Waals surface area contributed by atoms with Crippen molar-refractivity contribution in [1.29, 1.82) is 0 Å². The number of aromatic nitrogens is 3. The summed E-state index contributed by atoms with van der Waals surface area (Å²) in [4.78, 5) is 38.8. The summed E-state index contributed by atoms with van der Waals surface area (Å²) in [5.74, 6) is 2.51. The van der Waals surface area contributed by atoms with Crippen molar-refractivity contribution in [3.05, 3.63) is 81.4 Å². The summed E-state index contributed by atoms with van der Waals surface area (Å²) in [6.45, 7) is 3.86. The predicted molar refractivity (Wildman–Crippen MR) is 185 cm³/mol. The molecule has 5 aromatic rings. The SMILES string of the molecule is COC(=O)N[C@H](C(=O)N1[C@@H]2C[C@@H]2C[C@H]1c1ncc(-c2ccc3c(c2)OC(c2ccc(C4CC4)s2)n2c-3cc3cc(Cl)ccc32)[nH]1)C(C)C. The van der Waals surface area contributed by atoms with Gasteiger partial charge in [0.1, 0.15) is 17.6 Å². The van der Waals surface area contributed by atoms with Crippen molar-refractivity contribution < 1.29 is 19.1 Å². The Labute approximate surface area is 287 Å². The molecule has 9 nitrogen and oxygen atoms in total. The van der Waals surface area contributed by atoms with E-state index < -0.39 is 12.1 Å². The first-order valence-corrected chi connectivity index (χ1v) is 17.9. The summed E-state index contributed by atoms with van der Waals surface area (Å²) in [7, 11) is 1.31. The molecule has 3 fully saturated rings. The van der Waals surface area contributed by atoms with E-state index >= 15 is 0 Å². The number of carbonyl (C=O) groups excluding carboxylic acids is 2. The van der Waals surface area contributed by atoms with Crippen molar-refractivity contribution in [2.24, 2.45) is 11.8 Å². The molecule has 3 aromatic heterocycles. The number of piperidine rings is 1. The van der Waals surface area contributed by atoms with Crippen LogP contribution in [-0.4, -0.2) is 50.6 Å². The Morgan fingerprint density at radius 3 is 2.71 bits per heavy atom. The second kappa shape index (κ2) is 11.1. The number of carbonyl (C=O) groups is 2. The highest BCUT2D eigenvalue weighted by atomic mass is 35.5. The van der Waals surface area contributed by atoms with Gasteiger partial charge in [0.05, 0.1) is 41.1 Å². The van der Waals surface area contributed by atoms with Crippen LogP contribution in [0.4, 0.5) is 4.79 Å². The van der Waals surface area contributed by atoms with E-state index in [2.05, 4.69) is 57.3 Å². The molecule has 246 valence electrons. The number of aromatic amines is 1. The van der Waals surface area contributed by atoms with E-state index in [1.54, 1.807) is 0 Å². The van der Waals surface area contributed by atoms with Crippen LogP contribution in [0.2, 0.25) is 5.02 Å². The highest BCUT2D eigenvalue weighted by Gasteiger charge is 2.56. The van der Waals surface area contributed by atoms with Gasteiger partial charge in [-0.3, -0.25) is 9.36 Å². The van der Waals surface area contributed by atoms with Crippen molar-refractivity contribution in [3.8, 4) is 28.3 Å². The fourth-order valence-electron chi connectivity index (χ4n) is 7.64. The average molecular weight is 682 g/mol. The highest BCUT2D eigenvalue weighted by molar-refractivity contribution is 7.12. The summed E-state index contributed by atoms with van der Waals surface area (Å²) >= 11 is 8.26. The van der Waals surface area contributed by atoms with Crippen LogP contribution in [0, 0.1) is 11.8 Å². The van der Waals surface area contributed by atoms with Gasteiger partial charge < -0.3 is 24.7 Å². The number of nitrogens with zero attached hydrogens (tertiary/aromatic N) is 3. The molecule has 5 heterocycles. The summed E-state index contributed by atoms with van der Waals surface area (Å²) < 4.78 is 14.0. The van der Waals surface area contributed by atoms with E-state index in [0.717, 1.165) is 57.8 Å². The largest absolute Gasteiger partial charge is 0.464 e. The number of hydrogen-bond acceptors (Lipinski definition) is 6. The number of hydrogen-bond donors (Lipinski definition) is 2. The minimum Gasteiger partial charge on any atom is -0.464 e. The predicted octanol–water partition coefficient (Wildman–Crippen LogP) is 8.27. The Bertz CT molecular complexity index is 2100. The maximum absolute atomic E-state index is 13.9. The van der Waals surface area contributed by atoms with Crippen LogP contribution in [-0.2, 0) is 9.53 Å². The van der Waals surface area contributed by atoms with Gasteiger partial charge >= 0.3 is 6.09 Å². The molecule has 9 rings (SSSR count). The molecule has 1 unspecified atom stereocenters. The maximum atomic E-state index is 13.9. The molecular weight excluding hydrogens is 646 g/mol. The lowest BCUT2D eigenvalue weighted by Crippen LogP contribution is -2.52. The molecule has 2 aliphatic heterocycles. The van der Waals surface area contributed by atoms with Gasteiger partial charge in [0.15, 0.2) is 0 Å². The Morgan fingerprint density at radius 1 is 1.08 bits per heavy atom. The molecule has 0 bridgehead atoms. The first-order valence-electron chi connectivity index (χ1n) is 16.7. The number of ether oxygens (including phenoxy) is 2. The molecule has 2 N–H and O–H groups in total. The third-order valence-corrected chi connectivity index (χ3v) is 11.9. The molecule has 5 atom stereocenters. The van der Waals surface area contributed by atoms with E-state index in [9.17, 15) is 9.59 Å². The van der Waals surface area contributed by atoms with Gasteiger partial charge in [0.2, 0.25) is 12.1 Å². The molecule has 0 radical (unpaired) electrons. The monoisotopic (exact) mass is 681 g/mol. The molecule has 1 saturated heterocycles. The molecule has 2 aliphatic carbocycles. The number of methoxy groups -OCH3 is 1. The van der Waals surface area contributed by atoms with E-state index in [-0.39, 0.29) is 30.1 Å². The lowest BCUT2D eigenvalue weighted by Gasteiger charge is -2.32. The fraction of sp³-hybridized carbons (Fsp3) is 0.378. The normalized spacial score (nSPS) is 23.0. The van der Waals surface area contributed by atoms with Gasteiger partial charge in [0.25, 0.3) is 0 Å². The molecular formula is C37H36ClN5O4S. The molecule has 11 heteroatoms. The van der Waals surface area contributed by atoms with Crippen LogP contribution < -0.4 is 10.1 Å². The number of thiophene rings is 1. The molecule has 0 spiro atoms. The number of H-pyrrole nitrogens is 1. The molecule has 2 aromatic carbocycles. The topological polar surface area (TPSA) is 101 Å². The first kappa shape index (κ1) is 29.8. The van der Waals surface area contributed by atoms with Gasteiger partial charge in [-0.25, -0.2) is 9.78 Å².